The zero-order valence-corrected chi connectivity index (χ0v) is 17.0. The van der Waals surface area contributed by atoms with Crippen LogP contribution in [0.4, 0.5) is 4.39 Å². The van der Waals surface area contributed by atoms with Gasteiger partial charge >= 0.3 is 0 Å². The molecule has 0 aliphatic heterocycles. The second kappa shape index (κ2) is 9.75. The number of aliphatic imine (C=N–C) groups is 1. The van der Waals surface area contributed by atoms with Crippen molar-refractivity contribution in [3.8, 4) is 5.75 Å². The number of guanidine groups is 1. The van der Waals surface area contributed by atoms with E-state index in [1.807, 2.05) is 20.8 Å². The first-order valence-corrected chi connectivity index (χ1v) is 10.6. The number of ether oxygens (including phenoxy) is 1. The van der Waals surface area contributed by atoms with Gasteiger partial charge in [0, 0.05) is 19.8 Å². The smallest absolute Gasteiger partial charge is 0.191 e. The van der Waals surface area contributed by atoms with Crippen LogP contribution in [0.15, 0.2) is 29.3 Å². The first-order chi connectivity index (χ1) is 12.0. The number of hydrogen-bond donors (Lipinski definition) is 2. The van der Waals surface area contributed by atoms with Gasteiger partial charge in [0.1, 0.15) is 27.5 Å². The molecule has 0 spiro atoms. The van der Waals surface area contributed by atoms with Crippen LogP contribution in [0.1, 0.15) is 27.2 Å². The summed E-state index contributed by atoms with van der Waals surface area (Å²) in [5, 5.41) is 6.38. The summed E-state index contributed by atoms with van der Waals surface area (Å²) in [5.74, 6) is 1.08. The Bertz CT molecular complexity index is 688. The Morgan fingerprint density at radius 1 is 1.27 bits per heavy atom. The van der Waals surface area contributed by atoms with E-state index in [2.05, 4.69) is 15.6 Å². The number of nitrogens with one attached hydrogen (secondary N) is 2. The van der Waals surface area contributed by atoms with Crippen LogP contribution in [0.3, 0.4) is 0 Å². The lowest BCUT2D eigenvalue weighted by Gasteiger charge is -2.26. The Kier molecular flexibility index (Phi) is 8.33. The van der Waals surface area contributed by atoms with Gasteiger partial charge in [-0.2, -0.15) is 0 Å². The molecule has 1 rings (SSSR count). The maximum absolute atomic E-state index is 12.9. The predicted molar refractivity (Wildman–Crippen MR) is 104 cm³/mol. The molecule has 8 heteroatoms. The minimum atomic E-state index is -2.97. The van der Waals surface area contributed by atoms with E-state index >= 15 is 0 Å². The second-order valence-corrected chi connectivity index (χ2v) is 9.49. The van der Waals surface area contributed by atoms with Crippen LogP contribution in [-0.2, 0) is 9.84 Å². The highest BCUT2D eigenvalue weighted by Crippen LogP contribution is 2.19. The van der Waals surface area contributed by atoms with Crippen LogP contribution >= 0.6 is 0 Å². The molecule has 1 atom stereocenters. The molecule has 0 heterocycles. The van der Waals surface area contributed by atoms with Crippen LogP contribution < -0.4 is 15.4 Å². The molecule has 2 N–H and O–H groups in total. The highest BCUT2D eigenvalue weighted by molar-refractivity contribution is 7.90. The van der Waals surface area contributed by atoms with Crippen molar-refractivity contribution in [3.05, 3.63) is 30.1 Å². The summed E-state index contributed by atoms with van der Waals surface area (Å²) < 4.78 is 41.3. The van der Waals surface area contributed by atoms with Crippen molar-refractivity contribution in [2.75, 3.05) is 32.1 Å². The zero-order valence-electron chi connectivity index (χ0n) is 16.2. The van der Waals surface area contributed by atoms with Gasteiger partial charge in [-0.1, -0.05) is 13.8 Å². The Morgan fingerprint density at radius 2 is 1.88 bits per heavy atom. The largest absolute Gasteiger partial charge is 0.489 e. The van der Waals surface area contributed by atoms with E-state index in [1.54, 1.807) is 19.2 Å². The molecule has 1 aromatic rings. The standard InChI is InChI=1S/C18H30FN3O3S/c1-14(25-16-8-6-15(19)7-9-16)12-21-17(20-4)22-13-18(2,3)10-11-26(5,23)24/h6-9,14H,10-13H2,1-5H3,(H2,20,21,22). The average molecular weight is 388 g/mol. The van der Waals surface area contributed by atoms with E-state index in [-0.39, 0.29) is 23.1 Å². The molecule has 26 heavy (non-hydrogen) atoms. The molecular formula is C18H30FN3O3S. The highest BCUT2D eigenvalue weighted by atomic mass is 32.2. The van der Waals surface area contributed by atoms with Gasteiger partial charge in [0.05, 0.1) is 12.3 Å². The number of nitrogens with zero attached hydrogens (tertiary/aromatic N) is 1. The quantitative estimate of drug-likeness (QED) is 0.502. The van der Waals surface area contributed by atoms with Gasteiger partial charge in [-0.05, 0) is 43.0 Å². The lowest BCUT2D eigenvalue weighted by atomic mass is 9.90. The third-order valence-corrected chi connectivity index (χ3v) is 4.76. The van der Waals surface area contributed by atoms with Gasteiger partial charge in [0.25, 0.3) is 0 Å². The van der Waals surface area contributed by atoms with Crippen molar-refractivity contribution >= 4 is 15.8 Å². The summed E-state index contributed by atoms with van der Waals surface area (Å²) in [6.07, 6.45) is 1.68. The van der Waals surface area contributed by atoms with Crippen molar-refractivity contribution in [3.63, 3.8) is 0 Å². The third-order valence-electron chi connectivity index (χ3n) is 3.82. The number of benzene rings is 1. The first-order valence-electron chi connectivity index (χ1n) is 8.55. The maximum Gasteiger partial charge on any atom is 0.191 e. The third kappa shape index (κ3) is 9.60. The minimum Gasteiger partial charge on any atom is -0.489 e. The number of sulfone groups is 1. The summed E-state index contributed by atoms with van der Waals surface area (Å²) in [6, 6.07) is 5.88. The van der Waals surface area contributed by atoms with Gasteiger partial charge in [-0.25, -0.2) is 12.8 Å². The normalized spacial score (nSPS) is 14.0. The van der Waals surface area contributed by atoms with E-state index in [0.29, 0.717) is 31.2 Å². The lowest BCUT2D eigenvalue weighted by molar-refractivity contribution is 0.223. The molecule has 0 aliphatic carbocycles. The first kappa shape index (κ1) is 22.2. The molecule has 0 aromatic heterocycles. The monoisotopic (exact) mass is 387 g/mol. The minimum absolute atomic E-state index is 0.141. The fraction of sp³-hybridized carbons (Fsp3) is 0.611. The summed E-state index contributed by atoms with van der Waals surface area (Å²) in [5.41, 5.74) is -0.184. The Morgan fingerprint density at radius 3 is 2.42 bits per heavy atom. The van der Waals surface area contributed by atoms with Gasteiger partial charge in [-0.3, -0.25) is 4.99 Å². The molecule has 0 bridgehead atoms. The van der Waals surface area contributed by atoms with Gasteiger partial charge in [0.15, 0.2) is 5.96 Å². The fourth-order valence-electron chi connectivity index (χ4n) is 2.12. The van der Waals surface area contributed by atoms with Crippen LogP contribution in [0.5, 0.6) is 5.75 Å². The van der Waals surface area contributed by atoms with E-state index in [9.17, 15) is 12.8 Å². The van der Waals surface area contributed by atoms with Crippen LogP contribution in [0.25, 0.3) is 0 Å². The van der Waals surface area contributed by atoms with E-state index in [0.717, 1.165) is 0 Å². The topological polar surface area (TPSA) is 79.8 Å². The SMILES string of the molecule is CN=C(NCC(C)Oc1ccc(F)cc1)NCC(C)(C)CCS(C)(=O)=O. The molecule has 0 fully saturated rings. The Hall–Kier alpha value is -1.83. The molecule has 6 nitrogen and oxygen atoms in total. The van der Waals surface area contributed by atoms with E-state index in [4.69, 9.17) is 4.74 Å². The van der Waals surface area contributed by atoms with Gasteiger partial charge in [0.2, 0.25) is 0 Å². The number of rotatable bonds is 9. The summed E-state index contributed by atoms with van der Waals surface area (Å²) >= 11 is 0. The van der Waals surface area contributed by atoms with Crippen molar-refractivity contribution in [2.24, 2.45) is 10.4 Å². The second-order valence-electron chi connectivity index (χ2n) is 7.23. The molecule has 0 radical (unpaired) electrons. The summed E-state index contributed by atoms with van der Waals surface area (Å²) in [7, 11) is -1.30. The molecule has 0 amide bonds. The van der Waals surface area contributed by atoms with Crippen molar-refractivity contribution in [1.29, 1.82) is 0 Å². The lowest BCUT2D eigenvalue weighted by Crippen LogP contribution is -2.45. The molecule has 0 saturated carbocycles. The highest BCUT2D eigenvalue weighted by Gasteiger charge is 2.20. The summed E-state index contributed by atoms with van der Waals surface area (Å²) in [6.45, 7) is 7.04. The number of hydrogen-bond acceptors (Lipinski definition) is 4. The molecule has 1 unspecified atom stereocenters. The van der Waals surface area contributed by atoms with Crippen molar-refractivity contribution in [2.45, 2.75) is 33.3 Å². The Labute approximate surface area is 156 Å². The molecule has 148 valence electrons. The van der Waals surface area contributed by atoms with Crippen LogP contribution in [0, 0.1) is 11.2 Å². The summed E-state index contributed by atoms with van der Waals surface area (Å²) in [4.78, 5) is 4.16. The molecule has 1 aromatic carbocycles. The van der Waals surface area contributed by atoms with Crippen molar-refractivity contribution in [1.82, 2.24) is 10.6 Å². The molecule has 0 aliphatic rings. The number of halogens is 1. The van der Waals surface area contributed by atoms with Crippen LogP contribution in [-0.4, -0.2) is 52.6 Å². The molecule has 0 saturated heterocycles. The van der Waals surface area contributed by atoms with Crippen LogP contribution in [0.2, 0.25) is 0 Å². The zero-order chi connectivity index (χ0) is 19.8. The predicted octanol–water partition coefficient (Wildman–Crippen LogP) is 2.22. The van der Waals surface area contributed by atoms with Gasteiger partial charge in [-0.15, -0.1) is 0 Å². The maximum atomic E-state index is 12.9. The Balaban J connectivity index is 2.41. The van der Waals surface area contributed by atoms with Gasteiger partial charge < -0.3 is 15.4 Å². The van der Waals surface area contributed by atoms with E-state index in [1.165, 1.54) is 18.4 Å². The van der Waals surface area contributed by atoms with E-state index < -0.39 is 9.84 Å². The average Bonchev–Trinajstić information content (AvgIpc) is 2.55. The fourth-order valence-corrected chi connectivity index (χ4v) is 3.04. The van der Waals surface area contributed by atoms with Crippen molar-refractivity contribution < 1.29 is 17.5 Å². The molecular weight excluding hydrogens is 357 g/mol.